The van der Waals surface area contributed by atoms with Crippen molar-refractivity contribution in [3.8, 4) is 0 Å². The van der Waals surface area contributed by atoms with Gasteiger partial charge in [-0.15, -0.1) is 11.8 Å². The summed E-state index contributed by atoms with van der Waals surface area (Å²) in [6.07, 6.45) is -4.46. The summed E-state index contributed by atoms with van der Waals surface area (Å²) in [7, 11) is 0. The number of alkyl halides is 3. The number of nitrogens with zero attached hydrogens (tertiary/aromatic N) is 3. The number of carbonyl (C=O) groups is 1. The average Bonchev–Trinajstić information content (AvgIpc) is 3.04. The van der Waals surface area contributed by atoms with E-state index in [1.807, 2.05) is 6.92 Å². The van der Waals surface area contributed by atoms with Crippen LogP contribution in [-0.4, -0.2) is 34.6 Å². The van der Waals surface area contributed by atoms with Crippen LogP contribution >= 0.6 is 11.8 Å². The molecule has 0 radical (unpaired) electrons. The van der Waals surface area contributed by atoms with Gasteiger partial charge >= 0.3 is 12.1 Å². The second-order valence-corrected chi connectivity index (χ2v) is 7.31. The number of hydrogen-bond donors (Lipinski definition) is 1. The molecular weight excluding hydrogens is 393 g/mol. The van der Waals surface area contributed by atoms with E-state index in [0.717, 1.165) is 12.1 Å². The Morgan fingerprint density at radius 1 is 1.46 bits per heavy atom. The van der Waals surface area contributed by atoms with Crippen LogP contribution < -0.4 is 5.43 Å². The molecule has 0 aromatic heterocycles. The maximum atomic E-state index is 13.2. The van der Waals surface area contributed by atoms with Crippen LogP contribution in [0.4, 0.5) is 24.5 Å². The summed E-state index contributed by atoms with van der Waals surface area (Å²) in [5.74, 6) is 0.0808. The van der Waals surface area contributed by atoms with Crippen molar-refractivity contribution in [1.29, 1.82) is 0 Å². The lowest BCUT2D eigenvalue weighted by atomic mass is 9.98. The van der Waals surface area contributed by atoms with E-state index in [2.05, 4.69) is 20.4 Å². The van der Waals surface area contributed by atoms with Crippen molar-refractivity contribution < 1.29 is 22.7 Å². The topological polar surface area (TPSA) is 67.4 Å². The zero-order valence-electron chi connectivity index (χ0n) is 15.6. The molecule has 1 aromatic carbocycles. The van der Waals surface area contributed by atoms with Crippen LogP contribution in [0.1, 0.15) is 32.8 Å². The number of rotatable bonds is 5. The fourth-order valence-electron chi connectivity index (χ4n) is 2.55. The van der Waals surface area contributed by atoms with Gasteiger partial charge in [-0.05, 0) is 31.7 Å². The lowest BCUT2D eigenvalue weighted by molar-refractivity contribution is -0.137. The number of aliphatic imine (C=N–C) groups is 1. The molecule has 1 unspecified atom stereocenters. The highest BCUT2D eigenvalue weighted by molar-refractivity contribution is 8.14. The van der Waals surface area contributed by atoms with Gasteiger partial charge in [0.1, 0.15) is 16.3 Å². The van der Waals surface area contributed by atoms with Crippen molar-refractivity contribution in [3.05, 3.63) is 35.2 Å². The van der Waals surface area contributed by atoms with Crippen molar-refractivity contribution >= 4 is 39.9 Å². The van der Waals surface area contributed by atoms with Gasteiger partial charge in [0.05, 0.1) is 24.4 Å². The summed E-state index contributed by atoms with van der Waals surface area (Å²) in [6.45, 7) is 12.5. The van der Waals surface area contributed by atoms with Crippen LogP contribution in [0.3, 0.4) is 0 Å². The molecule has 0 aliphatic carbocycles. The van der Waals surface area contributed by atoms with E-state index in [9.17, 15) is 18.0 Å². The summed E-state index contributed by atoms with van der Waals surface area (Å²) in [5.41, 5.74) is 0.779. The summed E-state index contributed by atoms with van der Waals surface area (Å²) in [5, 5.41) is 4.50. The van der Waals surface area contributed by atoms with Gasteiger partial charge in [-0.25, -0.2) is 14.6 Å². The van der Waals surface area contributed by atoms with Crippen molar-refractivity contribution in [2.24, 2.45) is 10.1 Å². The minimum atomic E-state index is -4.65. The highest BCUT2D eigenvalue weighted by Crippen LogP contribution is 2.39. The van der Waals surface area contributed by atoms with Crippen molar-refractivity contribution in [3.63, 3.8) is 0 Å². The molecule has 1 heterocycles. The predicted molar refractivity (Wildman–Crippen MR) is 103 cm³/mol. The molecule has 0 fully saturated rings. The SMILES string of the molecule is [C-]#[N+]c1ccc(N=C(SCC)C2(C)CC(C(=O)OCC)=NN2)cc1C(F)(F)F. The van der Waals surface area contributed by atoms with Gasteiger partial charge < -0.3 is 4.74 Å². The summed E-state index contributed by atoms with van der Waals surface area (Å²) >= 11 is 1.34. The Bertz CT molecular complexity index is 861. The molecule has 1 aliphatic rings. The molecule has 0 amide bonds. The van der Waals surface area contributed by atoms with E-state index in [4.69, 9.17) is 11.3 Å². The molecule has 0 saturated heterocycles. The smallest absolute Gasteiger partial charge is 0.407 e. The lowest BCUT2D eigenvalue weighted by Gasteiger charge is -2.25. The van der Waals surface area contributed by atoms with Gasteiger partial charge in [-0.2, -0.15) is 18.3 Å². The molecule has 0 spiro atoms. The molecular formula is C18H19F3N4O2S. The second kappa shape index (κ2) is 8.65. The standard InChI is InChI=1S/C18H19F3N4O2S/c1-5-27-15(26)14-10-17(3,25-24-14)16(28-6-2)23-11-7-8-13(22-4)12(9-11)18(19,20)21/h7-9,25H,5-6,10H2,1-3H3. The van der Waals surface area contributed by atoms with Crippen LogP contribution in [0, 0.1) is 6.57 Å². The molecule has 0 saturated carbocycles. The number of carbonyl (C=O) groups excluding carboxylic acids is 1. The molecule has 1 aromatic rings. The first kappa shape index (κ1) is 21.8. The monoisotopic (exact) mass is 412 g/mol. The largest absolute Gasteiger partial charge is 0.461 e. The highest BCUT2D eigenvalue weighted by Gasteiger charge is 2.40. The van der Waals surface area contributed by atoms with E-state index in [1.165, 1.54) is 17.8 Å². The van der Waals surface area contributed by atoms with Crippen LogP contribution in [0.15, 0.2) is 28.3 Å². The van der Waals surface area contributed by atoms with Crippen molar-refractivity contribution in [2.75, 3.05) is 12.4 Å². The van der Waals surface area contributed by atoms with Gasteiger partial charge in [0.15, 0.2) is 5.69 Å². The molecule has 1 N–H and O–H groups in total. The normalized spacial score (nSPS) is 19.6. The third kappa shape index (κ3) is 4.84. The van der Waals surface area contributed by atoms with Crippen LogP contribution in [0.25, 0.3) is 4.85 Å². The minimum absolute atomic E-state index is 0.0725. The van der Waals surface area contributed by atoms with Gasteiger partial charge in [0.25, 0.3) is 0 Å². The Labute approximate surface area is 165 Å². The number of hydrogen-bond acceptors (Lipinski definition) is 6. The number of halogens is 3. The van der Waals surface area contributed by atoms with E-state index in [-0.39, 0.29) is 24.4 Å². The number of benzene rings is 1. The summed E-state index contributed by atoms with van der Waals surface area (Å²) in [4.78, 5) is 19.2. The van der Waals surface area contributed by atoms with Crippen LogP contribution in [0.5, 0.6) is 0 Å². The summed E-state index contributed by atoms with van der Waals surface area (Å²) in [6, 6.07) is 3.33. The number of ether oxygens (including phenoxy) is 1. The predicted octanol–water partition coefficient (Wildman–Crippen LogP) is 4.71. The Balaban J connectivity index is 2.38. The third-order valence-electron chi connectivity index (χ3n) is 3.86. The third-order valence-corrected chi connectivity index (χ3v) is 4.96. The van der Waals surface area contributed by atoms with E-state index in [1.54, 1.807) is 13.8 Å². The number of thioether (sulfide) groups is 1. The first-order valence-electron chi connectivity index (χ1n) is 8.46. The highest BCUT2D eigenvalue weighted by atomic mass is 32.2. The number of hydrazone groups is 1. The molecule has 1 atom stereocenters. The van der Waals surface area contributed by atoms with Crippen molar-refractivity contribution in [1.82, 2.24) is 5.43 Å². The number of nitrogens with one attached hydrogen (secondary N) is 1. The summed E-state index contributed by atoms with van der Waals surface area (Å²) < 4.78 is 44.6. The van der Waals surface area contributed by atoms with E-state index < -0.39 is 28.9 Å². The Kier molecular flexibility index (Phi) is 6.72. The zero-order chi connectivity index (χ0) is 20.9. The minimum Gasteiger partial charge on any atom is -0.461 e. The number of esters is 1. The molecule has 2 rings (SSSR count). The Morgan fingerprint density at radius 2 is 2.18 bits per heavy atom. The van der Waals surface area contributed by atoms with Gasteiger partial charge in [0, 0.05) is 6.42 Å². The fourth-order valence-corrected chi connectivity index (χ4v) is 3.43. The van der Waals surface area contributed by atoms with Gasteiger partial charge in [-0.1, -0.05) is 13.0 Å². The molecule has 0 bridgehead atoms. The van der Waals surface area contributed by atoms with E-state index in [0.29, 0.717) is 10.8 Å². The first-order valence-corrected chi connectivity index (χ1v) is 9.44. The zero-order valence-corrected chi connectivity index (χ0v) is 16.4. The van der Waals surface area contributed by atoms with Crippen LogP contribution in [-0.2, 0) is 15.7 Å². The Hall–Kier alpha value is -2.54. The molecule has 10 heteroatoms. The van der Waals surface area contributed by atoms with Crippen molar-refractivity contribution in [2.45, 2.75) is 38.9 Å². The molecule has 150 valence electrons. The average molecular weight is 412 g/mol. The van der Waals surface area contributed by atoms with Crippen LogP contribution in [0.2, 0.25) is 0 Å². The molecule has 6 nitrogen and oxygen atoms in total. The van der Waals surface area contributed by atoms with Gasteiger partial charge in [0.2, 0.25) is 0 Å². The lowest BCUT2D eigenvalue weighted by Crippen LogP contribution is -2.43. The maximum absolute atomic E-state index is 13.2. The Morgan fingerprint density at radius 3 is 2.75 bits per heavy atom. The quantitative estimate of drug-likeness (QED) is 0.329. The molecule has 1 aliphatic heterocycles. The van der Waals surface area contributed by atoms with E-state index >= 15 is 0 Å². The van der Waals surface area contributed by atoms with Gasteiger partial charge in [-0.3, -0.25) is 5.43 Å². The first-order chi connectivity index (χ1) is 13.1. The maximum Gasteiger partial charge on any atom is 0.407 e. The molecule has 28 heavy (non-hydrogen) atoms. The second-order valence-electron chi connectivity index (χ2n) is 6.06. The fraction of sp³-hybridized carbons (Fsp3) is 0.444.